The fraction of sp³-hybridized carbons (Fsp3) is 0.0541. The number of carbonyl (C=O) groups excluding carboxylic acids is 3. The second kappa shape index (κ2) is 13.8. The molecule has 0 saturated carbocycles. The van der Waals surface area contributed by atoms with Gasteiger partial charge in [0.05, 0.1) is 14.2 Å². The molecule has 0 aliphatic carbocycles. The number of carbonyl (C=O) groups is 3. The maximum atomic E-state index is 13.5. The molecule has 0 spiro atoms. The summed E-state index contributed by atoms with van der Waals surface area (Å²) < 4.78 is 10.6. The summed E-state index contributed by atoms with van der Waals surface area (Å²) in [5, 5.41) is 7.56. The first-order valence-electron chi connectivity index (χ1n) is 13.9. The molecule has 2 amide bonds. The van der Waals surface area contributed by atoms with E-state index in [2.05, 4.69) is 10.6 Å². The highest BCUT2D eigenvalue weighted by Gasteiger charge is 2.16. The number of ketones is 1. The van der Waals surface area contributed by atoms with Crippen molar-refractivity contribution in [1.82, 2.24) is 5.32 Å². The van der Waals surface area contributed by atoms with Crippen LogP contribution in [0.3, 0.4) is 0 Å². The molecule has 2 N–H and O–H groups in total. The predicted molar refractivity (Wildman–Crippen MR) is 174 cm³/mol. The van der Waals surface area contributed by atoms with E-state index in [9.17, 15) is 14.4 Å². The molecule has 0 bridgehead atoms. The Hall–Kier alpha value is -5.95. The molecular weight excluding hydrogens is 552 g/mol. The van der Waals surface area contributed by atoms with Crippen LogP contribution in [-0.4, -0.2) is 31.8 Å². The van der Waals surface area contributed by atoms with Crippen molar-refractivity contribution >= 4 is 46.2 Å². The third-order valence-electron chi connectivity index (χ3n) is 6.93. The number of benzene rings is 5. The molecule has 0 saturated heterocycles. The van der Waals surface area contributed by atoms with Gasteiger partial charge in [-0.1, -0.05) is 60.7 Å². The van der Waals surface area contributed by atoms with Gasteiger partial charge in [0, 0.05) is 28.4 Å². The zero-order valence-corrected chi connectivity index (χ0v) is 24.2. The maximum Gasteiger partial charge on any atom is 0.272 e. The van der Waals surface area contributed by atoms with Gasteiger partial charge in [0.15, 0.2) is 5.78 Å². The molecule has 0 aromatic heterocycles. The van der Waals surface area contributed by atoms with Crippen molar-refractivity contribution in [1.29, 1.82) is 0 Å². The first-order chi connectivity index (χ1) is 21.4. The number of fused-ring (bicyclic) bond motifs is 1. The van der Waals surface area contributed by atoms with Gasteiger partial charge in [-0.15, -0.1) is 0 Å². The number of allylic oxidation sites excluding steroid dienone is 1. The molecule has 44 heavy (non-hydrogen) atoms. The van der Waals surface area contributed by atoms with Crippen molar-refractivity contribution in [3.05, 3.63) is 149 Å². The summed E-state index contributed by atoms with van der Waals surface area (Å²) in [6.45, 7) is 0. The molecule has 0 fully saturated rings. The maximum absolute atomic E-state index is 13.5. The number of hydrogen-bond acceptors (Lipinski definition) is 5. The van der Waals surface area contributed by atoms with Crippen LogP contribution in [-0.2, 0) is 4.79 Å². The van der Waals surface area contributed by atoms with Crippen LogP contribution in [0.4, 0.5) is 5.69 Å². The fourth-order valence-corrected chi connectivity index (χ4v) is 4.61. The van der Waals surface area contributed by atoms with E-state index in [0.717, 1.165) is 21.9 Å². The molecule has 7 nitrogen and oxygen atoms in total. The minimum absolute atomic E-state index is 0.0757. The first-order valence-corrected chi connectivity index (χ1v) is 13.9. The van der Waals surface area contributed by atoms with E-state index in [4.69, 9.17) is 9.47 Å². The van der Waals surface area contributed by atoms with Gasteiger partial charge in [0.25, 0.3) is 11.8 Å². The molecule has 0 heterocycles. The van der Waals surface area contributed by atoms with Crippen molar-refractivity contribution in [2.75, 3.05) is 19.5 Å². The molecule has 7 heteroatoms. The number of amides is 2. The highest BCUT2D eigenvalue weighted by Crippen LogP contribution is 2.26. The van der Waals surface area contributed by atoms with Gasteiger partial charge in [-0.3, -0.25) is 14.4 Å². The van der Waals surface area contributed by atoms with Gasteiger partial charge in [0.2, 0.25) is 0 Å². The summed E-state index contributed by atoms with van der Waals surface area (Å²) >= 11 is 0. The summed E-state index contributed by atoms with van der Waals surface area (Å²) in [6.07, 6.45) is 4.80. The van der Waals surface area contributed by atoms with E-state index in [1.54, 1.807) is 93.1 Å². The highest BCUT2D eigenvalue weighted by molar-refractivity contribution is 6.12. The lowest BCUT2D eigenvalue weighted by atomic mass is 10.0. The molecule has 218 valence electrons. The summed E-state index contributed by atoms with van der Waals surface area (Å²) in [4.78, 5) is 39.4. The lowest BCUT2D eigenvalue weighted by Crippen LogP contribution is -2.30. The van der Waals surface area contributed by atoms with Crippen LogP contribution in [0, 0.1) is 0 Å². The third kappa shape index (κ3) is 7.09. The monoisotopic (exact) mass is 582 g/mol. The Kier molecular flexibility index (Phi) is 9.27. The number of nitrogens with one attached hydrogen (secondary N) is 2. The van der Waals surface area contributed by atoms with Crippen molar-refractivity contribution in [2.45, 2.75) is 0 Å². The van der Waals surface area contributed by atoms with Crippen LogP contribution in [0.5, 0.6) is 11.5 Å². The van der Waals surface area contributed by atoms with Gasteiger partial charge in [-0.05, 0) is 83.1 Å². The smallest absolute Gasteiger partial charge is 0.272 e. The van der Waals surface area contributed by atoms with E-state index in [1.165, 1.54) is 6.08 Å². The van der Waals surface area contributed by atoms with Gasteiger partial charge in [-0.25, -0.2) is 0 Å². The predicted octanol–water partition coefficient (Wildman–Crippen LogP) is 7.16. The molecule has 0 unspecified atom stereocenters. The molecule has 5 aromatic rings. The Balaban J connectivity index is 1.35. The first kappa shape index (κ1) is 29.5. The van der Waals surface area contributed by atoms with Crippen molar-refractivity contribution in [3.63, 3.8) is 0 Å². The van der Waals surface area contributed by atoms with Crippen LogP contribution >= 0.6 is 0 Å². The number of methoxy groups -OCH3 is 2. The second-order valence-corrected chi connectivity index (χ2v) is 9.78. The van der Waals surface area contributed by atoms with Crippen LogP contribution in [0.25, 0.3) is 22.9 Å². The molecule has 5 aromatic carbocycles. The summed E-state index contributed by atoms with van der Waals surface area (Å²) in [5.74, 6) is 0.101. The minimum atomic E-state index is -0.507. The fourth-order valence-electron chi connectivity index (χ4n) is 4.61. The average molecular weight is 583 g/mol. The standard InChI is InChI=1S/C37H30N2O5/c1-43-31-21-17-27(35(24-31)44-2)18-22-34(40)26-15-19-30(20-16-26)38-37(42)33(39-36(41)28-10-4-3-5-11-28)23-29-13-8-12-25-9-6-7-14-32(25)29/h3-24H,1-2H3,(H,38,42)(H,39,41)/b22-18+,33-23-. The lowest BCUT2D eigenvalue weighted by molar-refractivity contribution is -0.113. The average Bonchev–Trinajstić information content (AvgIpc) is 3.07. The molecule has 0 radical (unpaired) electrons. The summed E-state index contributed by atoms with van der Waals surface area (Å²) in [6, 6.07) is 34.2. The Morgan fingerprint density at radius 2 is 1.41 bits per heavy atom. The molecule has 0 aliphatic heterocycles. The van der Waals surface area contributed by atoms with Gasteiger partial charge in [0.1, 0.15) is 17.2 Å². The van der Waals surface area contributed by atoms with Crippen LogP contribution in [0.2, 0.25) is 0 Å². The normalized spacial score (nSPS) is 11.3. The van der Waals surface area contributed by atoms with E-state index >= 15 is 0 Å². The Labute approximate surface area is 255 Å². The zero-order valence-electron chi connectivity index (χ0n) is 24.2. The van der Waals surface area contributed by atoms with Gasteiger partial charge >= 0.3 is 0 Å². The molecule has 5 rings (SSSR count). The Morgan fingerprint density at radius 3 is 2.16 bits per heavy atom. The topological polar surface area (TPSA) is 93.7 Å². The quantitative estimate of drug-likeness (QED) is 0.135. The lowest BCUT2D eigenvalue weighted by Gasteiger charge is -2.12. The highest BCUT2D eigenvalue weighted by atomic mass is 16.5. The van der Waals surface area contributed by atoms with Crippen LogP contribution in [0.1, 0.15) is 31.8 Å². The molecule has 0 atom stereocenters. The van der Waals surface area contributed by atoms with E-state index < -0.39 is 11.8 Å². The molecule has 0 aliphatic rings. The zero-order chi connectivity index (χ0) is 30.9. The number of hydrogen-bond donors (Lipinski definition) is 2. The number of anilines is 1. The largest absolute Gasteiger partial charge is 0.497 e. The molecular formula is C37H30N2O5. The summed E-state index contributed by atoms with van der Waals surface area (Å²) in [5.41, 5.74) is 2.91. The van der Waals surface area contributed by atoms with Gasteiger partial charge in [-0.2, -0.15) is 0 Å². The SMILES string of the molecule is COc1ccc(/C=C/C(=O)c2ccc(NC(=O)/C(=C/c3cccc4ccccc34)NC(=O)c3ccccc3)cc2)c(OC)c1. The van der Waals surface area contributed by atoms with E-state index in [1.807, 2.05) is 48.5 Å². The van der Waals surface area contributed by atoms with Crippen LogP contribution < -0.4 is 20.1 Å². The number of rotatable bonds is 10. The van der Waals surface area contributed by atoms with Crippen molar-refractivity contribution in [2.24, 2.45) is 0 Å². The Morgan fingerprint density at radius 1 is 0.682 bits per heavy atom. The van der Waals surface area contributed by atoms with E-state index in [-0.39, 0.29) is 11.5 Å². The van der Waals surface area contributed by atoms with Crippen molar-refractivity contribution in [3.8, 4) is 11.5 Å². The Bertz CT molecular complexity index is 1870. The van der Waals surface area contributed by atoms with Crippen molar-refractivity contribution < 1.29 is 23.9 Å². The van der Waals surface area contributed by atoms with E-state index in [0.29, 0.717) is 28.3 Å². The minimum Gasteiger partial charge on any atom is -0.497 e. The number of ether oxygens (including phenoxy) is 2. The second-order valence-electron chi connectivity index (χ2n) is 9.78. The van der Waals surface area contributed by atoms with Gasteiger partial charge < -0.3 is 20.1 Å². The van der Waals surface area contributed by atoms with Crippen LogP contribution in [0.15, 0.2) is 127 Å². The third-order valence-corrected chi connectivity index (χ3v) is 6.93. The summed E-state index contributed by atoms with van der Waals surface area (Å²) in [7, 11) is 3.12.